The maximum atomic E-state index is 13.2. The summed E-state index contributed by atoms with van der Waals surface area (Å²) in [6.07, 6.45) is 0. The van der Waals surface area contributed by atoms with Crippen molar-refractivity contribution in [3.63, 3.8) is 0 Å². The van der Waals surface area contributed by atoms with Gasteiger partial charge < -0.3 is 10.5 Å². The summed E-state index contributed by atoms with van der Waals surface area (Å²) in [5, 5.41) is 0. The fraction of sp³-hybridized carbons (Fsp3) is 0.214. The van der Waals surface area contributed by atoms with E-state index in [1.807, 2.05) is 19.1 Å². The zero-order valence-corrected chi connectivity index (χ0v) is 10.4. The molecule has 2 aromatic rings. The second kappa shape index (κ2) is 5.14. The molecule has 1 aromatic heterocycles. The molecule has 2 rings (SSSR count). The van der Waals surface area contributed by atoms with Crippen molar-refractivity contribution in [3.05, 3.63) is 53.0 Å². The highest BCUT2D eigenvalue weighted by atomic mass is 19.1. The average molecular weight is 246 g/mol. The molecule has 0 bridgehead atoms. The van der Waals surface area contributed by atoms with Gasteiger partial charge in [-0.15, -0.1) is 0 Å². The lowest BCUT2D eigenvalue weighted by molar-refractivity contribution is 0.453. The van der Waals surface area contributed by atoms with E-state index in [9.17, 15) is 4.39 Å². The Morgan fingerprint density at radius 2 is 2.00 bits per heavy atom. The van der Waals surface area contributed by atoms with E-state index in [-0.39, 0.29) is 5.82 Å². The fourth-order valence-electron chi connectivity index (χ4n) is 1.60. The molecule has 0 amide bonds. The molecule has 1 aromatic carbocycles. The molecule has 0 aliphatic heterocycles. The van der Waals surface area contributed by atoms with Crippen molar-refractivity contribution in [3.8, 4) is 11.6 Å². The number of nitrogens with zero attached hydrogens (tertiary/aromatic N) is 1. The monoisotopic (exact) mass is 246 g/mol. The Kier molecular flexibility index (Phi) is 3.58. The van der Waals surface area contributed by atoms with E-state index in [1.165, 1.54) is 6.07 Å². The van der Waals surface area contributed by atoms with Crippen molar-refractivity contribution >= 4 is 0 Å². The molecule has 0 saturated carbocycles. The largest absolute Gasteiger partial charge is 0.439 e. The van der Waals surface area contributed by atoms with Gasteiger partial charge in [0.1, 0.15) is 11.6 Å². The van der Waals surface area contributed by atoms with Crippen LogP contribution in [0, 0.1) is 19.7 Å². The molecular formula is C14H15FN2O. The Labute approximate surface area is 105 Å². The predicted octanol–water partition coefficient (Wildman–Crippen LogP) is 3.09. The van der Waals surface area contributed by atoms with Crippen LogP contribution in [0.15, 0.2) is 30.3 Å². The van der Waals surface area contributed by atoms with Crippen LogP contribution in [0.3, 0.4) is 0 Å². The first-order valence-corrected chi connectivity index (χ1v) is 5.70. The molecule has 18 heavy (non-hydrogen) atoms. The molecule has 4 heteroatoms. The number of nitrogens with two attached hydrogens (primary N) is 1. The minimum absolute atomic E-state index is 0.251. The molecule has 3 nitrogen and oxygen atoms in total. The van der Waals surface area contributed by atoms with Crippen LogP contribution in [0.5, 0.6) is 11.6 Å². The number of hydrogen-bond acceptors (Lipinski definition) is 3. The number of ether oxygens (including phenoxy) is 1. The summed E-state index contributed by atoms with van der Waals surface area (Å²) < 4.78 is 18.8. The first-order chi connectivity index (χ1) is 8.60. The lowest BCUT2D eigenvalue weighted by atomic mass is 10.2. The third kappa shape index (κ3) is 2.65. The van der Waals surface area contributed by atoms with Gasteiger partial charge in [0, 0.05) is 17.8 Å². The van der Waals surface area contributed by atoms with E-state index in [0.717, 1.165) is 11.3 Å². The number of halogens is 1. The minimum Gasteiger partial charge on any atom is -0.439 e. The number of aryl methyl sites for hydroxylation is 2. The quantitative estimate of drug-likeness (QED) is 0.905. The van der Waals surface area contributed by atoms with Crippen LogP contribution in [-0.4, -0.2) is 4.98 Å². The number of rotatable bonds is 3. The van der Waals surface area contributed by atoms with Crippen molar-refractivity contribution in [2.75, 3.05) is 0 Å². The summed E-state index contributed by atoms with van der Waals surface area (Å²) in [6.45, 7) is 3.92. The molecule has 2 N–H and O–H groups in total. The van der Waals surface area contributed by atoms with E-state index < -0.39 is 0 Å². The highest BCUT2D eigenvalue weighted by Gasteiger charge is 2.07. The van der Waals surface area contributed by atoms with E-state index in [1.54, 1.807) is 19.1 Å². The van der Waals surface area contributed by atoms with E-state index in [4.69, 9.17) is 10.5 Å². The van der Waals surface area contributed by atoms with Gasteiger partial charge in [0.15, 0.2) is 0 Å². The van der Waals surface area contributed by atoms with Crippen molar-refractivity contribution in [1.29, 1.82) is 0 Å². The Hall–Kier alpha value is -1.94. The van der Waals surface area contributed by atoms with Gasteiger partial charge in [0.25, 0.3) is 0 Å². The number of aromatic nitrogens is 1. The first-order valence-electron chi connectivity index (χ1n) is 5.70. The fourth-order valence-corrected chi connectivity index (χ4v) is 1.60. The van der Waals surface area contributed by atoms with Crippen LogP contribution in [0.2, 0.25) is 0 Å². The molecule has 0 fully saturated rings. The van der Waals surface area contributed by atoms with Gasteiger partial charge in [-0.1, -0.05) is 6.07 Å². The van der Waals surface area contributed by atoms with Gasteiger partial charge in [-0.2, -0.15) is 0 Å². The molecule has 1 heterocycles. The van der Waals surface area contributed by atoms with Gasteiger partial charge >= 0.3 is 0 Å². The second-order valence-electron chi connectivity index (χ2n) is 4.13. The van der Waals surface area contributed by atoms with E-state index >= 15 is 0 Å². The van der Waals surface area contributed by atoms with Gasteiger partial charge in [-0.3, -0.25) is 0 Å². The molecule has 0 saturated heterocycles. The third-order valence-electron chi connectivity index (χ3n) is 2.64. The normalized spacial score (nSPS) is 10.4. The van der Waals surface area contributed by atoms with E-state index in [2.05, 4.69) is 4.98 Å². The molecule has 94 valence electrons. The van der Waals surface area contributed by atoms with Crippen molar-refractivity contribution in [2.24, 2.45) is 5.73 Å². The highest BCUT2D eigenvalue weighted by molar-refractivity contribution is 5.35. The van der Waals surface area contributed by atoms with Gasteiger partial charge in [-0.05, 0) is 43.7 Å². The highest BCUT2D eigenvalue weighted by Crippen LogP contribution is 2.25. The van der Waals surface area contributed by atoms with Crippen molar-refractivity contribution < 1.29 is 9.13 Å². The Morgan fingerprint density at radius 3 is 2.67 bits per heavy atom. The van der Waals surface area contributed by atoms with Gasteiger partial charge in [0.2, 0.25) is 5.88 Å². The topological polar surface area (TPSA) is 48.1 Å². The van der Waals surface area contributed by atoms with Crippen molar-refractivity contribution in [2.45, 2.75) is 20.4 Å². The zero-order valence-electron chi connectivity index (χ0n) is 10.4. The van der Waals surface area contributed by atoms with Crippen LogP contribution < -0.4 is 10.5 Å². The van der Waals surface area contributed by atoms with Crippen LogP contribution in [-0.2, 0) is 6.54 Å². The summed E-state index contributed by atoms with van der Waals surface area (Å²) in [6, 6.07) is 8.36. The Bertz CT molecular complexity index is 570. The summed E-state index contributed by atoms with van der Waals surface area (Å²) in [4.78, 5) is 4.30. The maximum Gasteiger partial charge on any atom is 0.223 e. The number of pyridine rings is 1. The van der Waals surface area contributed by atoms with Gasteiger partial charge in [-0.25, -0.2) is 9.37 Å². The zero-order chi connectivity index (χ0) is 13.1. The van der Waals surface area contributed by atoms with E-state index in [0.29, 0.717) is 23.7 Å². The summed E-state index contributed by atoms with van der Waals surface area (Å²) in [7, 11) is 0. The lowest BCUT2D eigenvalue weighted by Gasteiger charge is -2.10. The van der Waals surface area contributed by atoms with Crippen LogP contribution in [0.1, 0.15) is 16.8 Å². The summed E-state index contributed by atoms with van der Waals surface area (Å²) in [5.41, 5.74) is 7.83. The SMILES string of the molecule is Cc1ccc(CN)c(Oc2ccc(F)c(C)c2)n1. The molecular weight excluding hydrogens is 231 g/mol. The molecule has 0 spiro atoms. The standard InChI is InChI=1S/C14H15FN2O/c1-9-7-12(5-6-13(9)15)18-14-11(8-16)4-3-10(2)17-14/h3-7H,8,16H2,1-2H3. The maximum absolute atomic E-state index is 13.2. The summed E-state index contributed by atoms with van der Waals surface area (Å²) in [5.74, 6) is 0.781. The average Bonchev–Trinajstić information content (AvgIpc) is 2.34. The molecule has 0 unspecified atom stereocenters. The van der Waals surface area contributed by atoms with Crippen molar-refractivity contribution in [1.82, 2.24) is 4.98 Å². The smallest absolute Gasteiger partial charge is 0.223 e. The molecule has 0 atom stereocenters. The third-order valence-corrected chi connectivity index (χ3v) is 2.64. The number of benzene rings is 1. The number of hydrogen-bond donors (Lipinski definition) is 1. The Balaban J connectivity index is 2.33. The molecule has 0 aliphatic carbocycles. The van der Waals surface area contributed by atoms with Crippen LogP contribution in [0.4, 0.5) is 4.39 Å². The van der Waals surface area contributed by atoms with Crippen LogP contribution in [0.25, 0.3) is 0 Å². The minimum atomic E-state index is -0.251. The molecule has 0 radical (unpaired) electrons. The second-order valence-corrected chi connectivity index (χ2v) is 4.13. The lowest BCUT2D eigenvalue weighted by Crippen LogP contribution is -2.02. The Morgan fingerprint density at radius 1 is 1.22 bits per heavy atom. The predicted molar refractivity (Wildman–Crippen MR) is 68.1 cm³/mol. The van der Waals surface area contributed by atoms with Crippen LogP contribution >= 0.6 is 0 Å². The van der Waals surface area contributed by atoms with Gasteiger partial charge in [0.05, 0.1) is 0 Å². The molecule has 0 aliphatic rings. The first kappa shape index (κ1) is 12.5. The summed E-state index contributed by atoms with van der Waals surface area (Å²) >= 11 is 0.